The minimum Gasteiger partial charge on any atom is -0.449 e. The van der Waals surface area contributed by atoms with E-state index in [9.17, 15) is 13.2 Å². The Kier molecular flexibility index (Phi) is 4.15. The van der Waals surface area contributed by atoms with Crippen molar-refractivity contribution in [2.45, 2.75) is 24.3 Å². The van der Waals surface area contributed by atoms with Crippen molar-refractivity contribution in [3.8, 4) is 0 Å². The van der Waals surface area contributed by atoms with Gasteiger partial charge in [-0.05, 0) is 19.1 Å². The number of amides is 1. The van der Waals surface area contributed by atoms with Gasteiger partial charge in [0.1, 0.15) is 0 Å². The first-order valence-electron chi connectivity index (χ1n) is 5.80. The molecule has 2 rings (SSSR count). The highest BCUT2D eigenvalue weighted by Gasteiger charge is 2.39. The van der Waals surface area contributed by atoms with Gasteiger partial charge in [0.05, 0.1) is 17.5 Å². The zero-order valence-corrected chi connectivity index (χ0v) is 12.8. The first-order valence-corrected chi connectivity index (χ1v) is 8.37. The number of hydrogen-bond donors (Lipinski definition) is 0. The van der Waals surface area contributed by atoms with Crippen LogP contribution in [0.1, 0.15) is 12.0 Å². The fourth-order valence-corrected chi connectivity index (χ4v) is 4.20. The Morgan fingerprint density at radius 3 is 2.58 bits per heavy atom. The number of ether oxygens (including phenoxy) is 1. The molecule has 0 saturated carbocycles. The highest BCUT2D eigenvalue weighted by molar-refractivity contribution is 9.09. The summed E-state index contributed by atoms with van der Waals surface area (Å²) < 4.78 is 30.6. The number of benzene rings is 1. The quantitative estimate of drug-likeness (QED) is 0.787. The van der Waals surface area contributed by atoms with Crippen LogP contribution >= 0.6 is 15.9 Å². The SMILES string of the molecule is Cc1ccc(S(=O)(=O)N2C(=O)OCC[C@@H]2CBr)cc1. The van der Waals surface area contributed by atoms with E-state index < -0.39 is 22.2 Å². The number of cyclic esters (lactones) is 1. The van der Waals surface area contributed by atoms with Crippen LogP contribution in [-0.4, -0.2) is 36.8 Å². The van der Waals surface area contributed by atoms with Gasteiger partial charge in [-0.1, -0.05) is 33.6 Å². The van der Waals surface area contributed by atoms with E-state index in [2.05, 4.69) is 15.9 Å². The number of rotatable bonds is 3. The monoisotopic (exact) mass is 347 g/mol. The lowest BCUT2D eigenvalue weighted by molar-refractivity contribution is 0.0843. The lowest BCUT2D eigenvalue weighted by Gasteiger charge is -2.32. The molecule has 0 N–H and O–H groups in total. The summed E-state index contributed by atoms with van der Waals surface area (Å²) in [6.45, 7) is 2.11. The molecule has 5 nitrogen and oxygen atoms in total. The van der Waals surface area contributed by atoms with Gasteiger partial charge in [-0.15, -0.1) is 0 Å². The van der Waals surface area contributed by atoms with Crippen LogP contribution < -0.4 is 0 Å². The molecule has 1 atom stereocenters. The molecule has 0 spiro atoms. The number of halogens is 1. The first kappa shape index (κ1) is 14.3. The summed E-state index contributed by atoms with van der Waals surface area (Å²) in [5, 5.41) is 0.396. The van der Waals surface area contributed by atoms with Gasteiger partial charge in [0.15, 0.2) is 0 Å². The van der Waals surface area contributed by atoms with Crippen molar-refractivity contribution >= 4 is 32.0 Å². The normalized spacial score (nSPS) is 20.2. The number of nitrogens with zero attached hydrogens (tertiary/aromatic N) is 1. The van der Waals surface area contributed by atoms with Crippen LogP contribution in [0, 0.1) is 6.92 Å². The molecule has 0 unspecified atom stereocenters. The van der Waals surface area contributed by atoms with E-state index in [0.717, 1.165) is 9.87 Å². The van der Waals surface area contributed by atoms with Crippen LogP contribution in [0.4, 0.5) is 4.79 Å². The smallest absolute Gasteiger partial charge is 0.424 e. The summed E-state index contributed by atoms with van der Waals surface area (Å²) in [6.07, 6.45) is -0.321. The average molecular weight is 348 g/mol. The van der Waals surface area contributed by atoms with E-state index in [-0.39, 0.29) is 11.5 Å². The van der Waals surface area contributed by atoms with Crippen LogP contribution in [-0.2, 0) is 14.8 Å². The van der Waals surface area contributed by atoms with E-state index in [0.29, 0.717) is 11.8 Å². The average Bonchev–Trinajstić information content (AvgIpc) is 2.38. The molecule has 0 radical (unpaired) electrons. The number of sulfonamides is 1. The highest BCUT2D eigenvalue weighted by Crippen LogP contribution is 2.25. The molecule has 1 fully saturated rings. The standard InChI is InChI=1S/C12H14BrNO4S/c1-9-2-4-11(5-3-9)19(16,17)14-10(8-13)6-7-18-12(14)15/h2-5,10H,6-8H2,1H3/t10-/m1/s1. The molecule has 1 aliphatic rings. The second-order valence-electron chi connectivity index (χ2n) is 4.33. The molecule has 1 heterocycles. The van der Waals surface area contributed by atoms with Gasteiger partial charge in [-0.2, -0.15) is 4.31 Å². The predicted octanol–water partition coefficient (Wildman–Crippen LogP) is 2.29. The summed E-state index contributed by atoms with van der Waals surface area (Å²) in [6, 6.07) is 5.99. The maximum Gasteiger partial charge on any atom is 0.424 e. The molecule has 0 aliphatic carbocycles. The number of carbonyl (C=O) groups is 1. The van der Waals surface area contributed by atoms with Crippen molar-refractivity contribution in [1.29, 1.82) is 0 Å². The minimum atomic E-state index is -3.86. The predicted molar refractivity (Wildman–Crippen MR) is 73.8 cm³/mol. The summed E-state index contributed by atoms with van der Waals surface area (Å²) in [5.41, 5.74) is 0.956. The van der Waals surface area contributed by atoms with Crippen molar-refractivity contribution in [3.05, 3.63) is 29.8 Å². The highest BCUT2D eigenvalue weighted by atomic mass is 79.9. The van der Waals surface area contributed by atoms with Crippen molar-refractivity contribution < 1.29 is 17.9 Å². The van der Waals surface area contributed by atoms with Gasteiger partial charge in [0, 0.05) is 11.8 Å². The van der Waals surface area contributed by atoms with Crippen molar-refractivity contribution in [2.75, 3.05) is 11.9 Å². The first-order chi connectivity index (χ1) is 8.96. The molecule has 19 heavy (non-hydrogen) atoms. The van der Waals surface area contributed by atoms with Crippen molar-refractivity contribution in [3.63, 3.8) is 0 Å². The Bertz CT molecular complexity index is 570. The summed E-state index contributed by atoms with van der Waals surface area (Å²) in [7, 11) is -3.86. The summed E-state index contributed by atoms with van der Waals surface area (Å²) in [5.74, 6) is 0. The third kappa shape index (κ3) is 2.76. The van der Waals surface area contributed by atoms with Gasteiger partial charge in [0.2, 0.25) is 0 Å². The van der Waals surface area contributed by atoms with E-state index in [1.165, 1.54) is 12.1 Å². The summed E-state index contributed by atoms with van der Waals surface area (Å²) in [4.78, 5) is 11.9. The van der Waals surface area contributed by atoms with Crippen molar-refractivity contribution in [1.82, 2.24) is 4.31 Å². The summed E-state index contributed by atoms with van der Waals surface area (Å²) >= 11 is 3.24. The number of carbonyl (C=O) groups excluding carboxylic acids is 1. The largest absolute Gasteiger partial charge is 0.449 e. The second kappa shape index (κ2) is 5.50. The number of hydrogen-bond acceptors (Lipinski definition) is 4. The van der Waals surface area contributed by atoms with Gasteiger partial charge in [-0.25, -0.2) is 13.2 Å². The van der Waals surface area contributed by atoms with E-state index in [4.69, 9.17) is 4.74 Å². The Morgan fingerprint density at radius 2 is 2.00 bits per heavy atom. The molecule has 1 aromatic carbocycles. The van der Waals surface area contributed by atoms with Crippen LogP contribution in [0.25, 0.3) is 0 Å². The molecule has 1 aliphatic heterocycles. The third-order valence-corrected chi connectivity index (χ3v) is 5.52. The van der Waals surface area contributed by atoms with Crippen LogP contribution in [0.5, 0.6) is 0 Å². The minimum absolute atomic E-state index is 0.0999. The van der Waals surface area contributed by atoms with Gasteiger partial charge in [0.25, 0.3) is 10.0 Å². The maximum atomic E-state index is 12.5. The molecular formula is C12H14BrNO4S. The fourth-order valence-electron chi connectivity index (χ4n) is 1.87. The number of alkyl halides is 1. The molecular weight excluding hydrogens is 334 g/mol. The Morgan fingerprint density at radius 1 is 1.37 bits per heavy atom. The van der Waals surface area contributed by atoms with Gasteiger partial charge in [-0.3, -0.25) is 0 Å². The molecule has 1 amide bonds. The fraction of sp³-hybridized carbons (Fsp3) is 0.417. The van der Waals surface area contributed by atoms with Gasteiger partial charge < -0.3 is 4.74 Å². The zero-order chi connectivity index (χ0) is 14.0. The lowest BCUT2D eigenvalue weighted by Crippen LogP contribution is -2.49. The van der Waals surface area contributed by atoms with E-state index in [1.54, 1.807) is 12.1 Å². The van der Waals surface area contributed by atoms with Crippen LogP contribution in [0.15, 0.2) is 29.2 Å². The maximum absolute atomic E-state index is 12.5. The Hall–Kier alpha value is -1.08. The van der Waals surface area contributed by atoms with E-state index in [1.807, 2.05) is 6.92 Å². The van der Waals surface area contributed by atoms with Crippen molar-refractivity contribution in [2.24, 2.45) is 0 Å². The Balaban J connectivity index is 2.41. The molecule has 0 aromatic heterocycles. The molecule has 7 heteroatoms. The molecule has 0 bridgehead atoms. The van der Waals surface area contributed by atoms with Gasteiger partial charge >= 0.3 is 6.09 Å². The second-order valence-corrected chi connectivity index (χ2v) is 6.79. The molecule has 1 saturated heterocycles. The topological polar surface area (TPSA) is 63.7 Å². The van der Waals surface area contributed by atoms with E-state index >= 15 is 0 Å². The lowest BCUT2D eigenvalue weighted by atomic mass is 10.2. The molecule has 1 aromatic rings. The third-order valence-electron chi connectivity index (χ3n) is 2.94. The van der Waals surface area contributed by atoms with Crippen LogP contribution in [0.2, 0.25) is 0 Å². The molecule has 104 valence electrons. The Labute approximate surface area is 120 Å². The zero-order valence-electron chi connectivity index (χ0n) is 10.4. The number of aryl methyl sites for hydroxylation is 1. The van der Waals surface area contributed by atoms with Crippen LogP contribution in [0.3, 0.4) is 0 Å².